The fourth-order valence-electron chi connectivity index (χ4n) is 7.15. The van der Waals surface area contributed by atoms with E-state index < -0.39 is 74.2 Å². The Balaban J connectivity index is 2.48. The molecule has 11 heteroatoms. The van der Waals surface area contributed by atoms with E-state index in [-0.39, 0.29) is 12.8 Å². The molecule has 0 aliphatic carbocycles. The van der Waals surface area contributed by atoms with Crippen LogP contribution >= 0.6 is 0 Å². The van der Waals surface area contributed by atoms with Crippen LogP contribution in [0.25, 0.3) is 0 Å². The van der Waals surface area contributed by atoms with E-state index in [9.17, 15) is 40.5 Å². The number of rotatable bonds is 38. The average molecular weight is 838 g/mol. The van der Waals surface area contributed by atoms with E-state index >= 15 is 0 Å². The van der Waals surface area contributed by atoms with Crippen LogP contribution in [0, 0.1) is 0 Å². The highest BCUT2D eigenvalue weighted by atomic mass is 16.7. The lowest BCUT2D eigenvalue weighted by Crippen LogP contribution is -2.60. The third-order valence-corrected chi connectivity index (χ3v) is 11.1. The minimum absolute atomic E-state index is 0.243. The van der Waals surface area contributed by atoms with Gasteiger partial charge < -0.3 is 50.5 Å². The molecule has 1 fully saturated rings. The molecule has 1 amide bonds. The number of amides is 1. The molecule has 1 aliphatic heterocycles. The number of ether oxygens (including phenoxy) is 2. The largest absolute Gasteiger partial charge is 0.394 e. The highest BCUT2D eigenvalue weighted by molar-refractivity contribution is 5.80. The quantitative estimate of drug-likeness (QED) is 0.0173. The summed E-state index contributed by atoms with van der Waals surface area (Å²) in [5.74, 6) is -0.718. The summed E-state index contributed by atoms with van der Waals surface area (Å²) >= 11 is 0. The molecule has 8 N–H and O–H groups in total. The van der Waals surface area contributed by atoms with Crippen LogP contribution in [0.15, 0.2) is 48.6 Å². The van der Waals surface area contributed by atoms with Gasteiger partial charge in [-0.25, -0.2) is 0 Å². The first-order valence-corrected chi connectivity index (χ1v) is 23.6. The minimum atomic E-state index is -1.67. The van der Waals surface area contributed by atoms with Gasteiger partial charge in [0.1, 0.15) is 36.6 Å². The second kappa shape index (κ2) is 37.8. The van der Waals surface area contributed by atoms with Gasteiger partial charge in [0.05, 0.1) is 25.4 Å². The SMILES string of the molecule is CCCCC/C=C\C=C/CCCCCCCCCCCC(O)C(=O)NC(COC1OC(CO)C(O)C(O)C1O)C(O)C(O)CCC/C=C/CC/C=C/CCCCCCC. The molecule has 0 aromatic rings. The topological polar surface area (TPSA) is 189 Å². The second-order valence-electron chi connectivity index (χ2n) is 16.5. The molecular weight excluding hydrogens is 751 g/mol. The molecule has 9 atom stereocenters. The van der Waals surface area contributed by atoms with Gasteiger partial charge >= 0.3 is 0 Å². The van der Waals surface area contributed by atoms with Crippen LogP contribution in [0.3, 0.4) is 0 Å². The van der Waals surface area contributed by atoms with E-state index in [1.807, 2.05) is 0 Å². The number of nitrogens with one attached hydrogen (secondary N) is 1. The average Bonchev–Trinajstić information content (AvgIpc) is 3.23. The number of allylic oxidation sites excluding steroid dienone is 8. The van der Waals surface area contributed by atoms with E-state index in [0.29, 0.717) is 19.3 Å². The second-order valence-corrected chi connectivity index (χ2v) is 16.5. The highest BCUT2D eigenvalue weighted by Crippen LogP contribution is 2.23. The van der Waals surface area contributed by atoms with Crippen LogP contribution in [-0.2, 0) is 14.3 Å². The summed E-state index contributed by atoms with van der Waals surface area (Å²) in [4.78, 5) is 13.1. The first kappa shape index (κ1) is 55.1. The van der Waals surface area contributed by atoms with Crippen molar-refractivity contribution in [2.24, 2.45) is 0 Å². The van der Waals surface area contributed by atoms with Crippen molar-refractivity contribution in [1.29, 1.82) is 0 Å². The minimum Gasteiger partial charge on any atom is -0.394 e. The molecule has 59 heavy (non-hydrogen) atoms. The van der Waals surface area contributed by atoms with Gasteiger partial charge in [-0.15, -0.1) is 0 Å². The third kappa shape index (κ3) is 27.6. The smallest absolute Gasteiger partial charge is 0.249 e. The Morgan fingerprint density at radius 2 is 1.07 bits per heavy atom. The summed E-state index contributed by atoms with van der Waals surface area (Å²) in [5.41, 5.74) is 0. The number of carbonyl (C=O) groups excluding carboxylic acids is 1. The first-order chi connectivity index (χ1) is 28.7. The highest BCUT2D eigenvalue weighted by Gasteiger charge is 2.44. The van der Waals surface area contributed by atoms with E-state index in [1.165, 1.54) is 83.5 Å². The van der Waals surface area contributed by atoms with Crippen molar-refractivity contribution in [3.05, 3.63) is 48.6 Å². The Hall–Kier alpha value is -1.93. The number of unbranched alkanes of at least 4 members (excludes halogenated alkanes) is 19. The molecule has 0 radical (unpaired) electrons. The maximum absolute atomic E-state index is 13.1. The number of aliphatic hydroxyl groups is 7. The number of hydrogen-bond donors (Lipinski definition) is 8. The summed E-state index contributed by atoms with van der Waals surface area (Å²) in [6, 6.07) is -1.19. The summed E-state index contributed by atoms with van der Waals surface area (Å²) in [7, 11) is 0. The van der Waals surface area contributed by atoms with Crippen LogP contribution in [0.4, 0.5) is 0 Å². The molecule has 0 aromatic carbocycles. The zero-order chi connectivity index (χ0) is 43.4. The van der Waals surface area contributed by atoms with Crippen LogP contribution in [0.5, 0.6) is 0 Å². The van der Waals surface area contributed by atoms with Crippen molar-refractivity contribution in [3.8, 4) is 0 Å². The Kier molecular flexibility index (Phi) is 35.3. The molecule has 1 heterocycles. The van der Waals surface area contributed by atoms with Crippen molar-refractivity contribution < 1.29 is 50.0 Å². The monoisotopic (exact) mass is 838 g/mol. The van der Waals surface area contributed by atoms with Crippen LogP contribution in [-0.4, -0.2) is 110 Å². The zero-order valence-electron chi connectivity index (χ0n) is 37.0. The van der Waals surface area contributed by atoms with Gasteiger partial charge in [-0.1, -0.05) is 152 Å². The van der Waals surface area contributed by atoms with Gasteiger partial charge in [-0.2, -0.15) is 0 Å². The fraction of sp³-hybridized carbons (Fsp3) is 0.812. The van der Waals surface area contributed by atoms with Crippen LogP contribution < -0.4 is 5.32 Å². The lowest BCUT2D eigenvalue weighted by Gasteiger charge is -2.40. The predicted octanol–water partition coefficient (Wildman–Crippen LogP) is 7.78. The van der Waals surface area contributed by atoms with Crippen LogP contribution in [0.2, 0.25) is 0 Å². The Bertz CT molecular complexity index is 1100. The van der Waals surface area contributed by atoms with Gasteiger partial charge in [0, 0.05) is 0 Å². The molecule has 1 rings (SSSR count). The summed E-state index contributed by atoms with van der Waals surface area (Å²) in [5, 5.41) is 75.6. The molecule has 0 saturated carbocycles. The molecule has 1 aliphatic rings. The van der Waals surface area contributed by atoms with Crippen molar-refractivity contribution in [1.82, 2.24) is 5.32 Å². The number of aliphatic hydroxyl groups excluding tert-OH is 7. The fourth-order valence-corrected chi connectivity index (χ4v) is 7.15. The molecule has 0 bridgehead atoms. The summed E-state index contributed by atoms with van der Waals surface area (Å²) < 4.78 is 11.1. The predicted molar refractivity (Wildman–Crippen MR) is 238 cm³/mol. The molecule has 9 unspecified atom stereocenters. The molecule has 11 nitrogen and oxygen atoms in total. The van der Waals surface area contributed by atoms with Crippen molar-refractivity contribution in [2.45, 2.75) is 236 Å². The Morgan fingerprint density at radius 3 is 1.64 bits per heavy atom. The standard InChI is InChI=1S/C48H87NO10/c1-3-5-7-9-11-13-15-17-19-20-21-22-24-26-28-30-32-34-36-41(52)47(57)49-39(38-58-48-46(56)45(55)44(54)42(37-50)59-48)43(53)40(51)35-33-31-29-27-25-23-18-16-14-12-10-8-6-4-2/h11,13,15-18,27,29,39-46,48,50-56H,3-10,12,14,19-26,28,30-38H2,1-2H3,(H,49,57)/b13-11-,17-15-,18-16+,29-27+. The summed E-state index contributed by atoms with van der Waals surface area (Å²) in [6.45, 7) is 3.36. The Labute approximate surface area is 358 Å². The van der Waals surface area contributed by atoms with Crippen molar-refractivity contribution in [2.75, 3.05) is 13.2 Å². The van der Waals surface area contributed by atoms with E-state index in [2.05, 4.69) is 67.8 Å². The first-order valence-electron chi connectivity index (χ1n) is 23.6. The van der Waals surface area contributed by atoms with E-state index in [1.54, 1.807) is 0 Å². The van der Waals surface area contributed by atoms with Gasteiger partial charge in [0.2, 0.25) is 5.91 Å². The molecule has 0 spiro atoms. The van der Waals surface area contributed by atoms with Crippen molar-refractivity contribution in [3.63, 3.8) is 0 Å². The van der Waals surface area contributed by atoms with Crippen LogP contribution in [0.1, 0.15) is 181 Å². The Morgan fingerprint density at radius 1 is 0.593 bits per heavy atom. The van der Waals surface area contributed by atoms with Gasteiger partial charge in [0.25, 0.3) is 0 Å². The van der Waals surface area contributed by atoms with Gasteiger partial charge in [-0.3, -0.25) is 4.79 Å². The van der Waals surface area contributed by atoms with E-state index in [0.717, 1.165) is 51.4 Å². The van der Waals surface area contributed by atoms with E-state index in [4.69, 9.17) is 9.47 Å². The molecule has 1 saturated heterocycles. The summed E-state index contributed by atoms with van der Waals surface area (Å²) in [6.07, 6.45) is 33.0. The van der Waals surface area contributed by atoms with Gasteiger partial charge in [0.15, 0.2) is 6.29 Å². The number of hydrogen-bond acceptors (Lipinski definition) is 10. The lowest BCUT2D eigenvalue weighted by molar-refractivity contribution is -0.303. The zero-order valence-corrected chi connectivity index (χ0v) is 37.0. The number of carbonyl (C=O) groups is 1. The molecule has 344 valence electrons. The molecule has 0 aromatic heterocycles. The maximum atomic E-state index is 13.1. The lowest BCUT2D eigenvalue weighted by atomic mass is 9.98. The van der Waals surface area contributed by atoms with Crippen molar-refractivity contribution >= 4 is 5.91 Å². The maximum Gasteiger partial charge on any atom is 0.249 e. The normalized spacial score (nSPS) is 22.2. The molecular formula is C48H87NO10. The third-order valence-electron chi connectivity index (χ3n) is 11.1. The van der Waals surface area contributed by atoms with Gasteiger partial charge in [-0.05, 0) is 77.0 Å².